The lowest BCUT2D eigenvalue weighted by Gasteiger charge is -2.16. The maximum absolute atomic E-state index is 12.1. The highest BCUT2D eigenvalue weighted by Gasteiger charge is 2.18. The van der Waals surface area contributed by atoms with Crippen molar-refractivity contribution in [2.24, 2.45) is 0 Å². The van der Waals surface area contributed by atoms with E-state index in [-0.39, 0.29) is 5.78 Å². The number of Topliss-reactive ketones (excluding diaryl/α,β-unsaturated/α-hetero) is 1. The summed E-state index contributed by atoms with van der Waals surface area (Å²) in [7, 11) is 1.63. The molecule has 2 N–H and O–H groups in total. The zero-order valence-electron chi connectivity index (χ0n) is 14.5. The van der Waals surface area contributed by atoms with Crippen LogP contribution in [-0.2, 0) is 6.42 Å². The molecule has 0 bridgehead atoms. The van der Waals surface area contributed by atoms with Gasteiger partial charge in [0, 0.05) is 47.3 Å². The molecule has 0 spiro atoms. The molecule has 3 aromatic rings. The van der Waals surface area contributed by atoms with Crippen LogP contribution < -0.4 is 10.5 Å². The minimum atomic E-state index is 0.220. The number of ketones is 1. The SMILES string of the molecule is COc1ccncc1-c1cnc(N)c(-c2ccc3c(c2)CCCC3=O)c1. The number of hydrogen-bond acceptors (Lipinski definition) is 5. The first-order valence-corrected chi connectivity index (χ1v) is 8.58. The zero-order valence-corrected chi connectivity index (χ0v) is 14.5. The number of nitrogens with zero attached hydrogens (tertiary/aromatic N) is 2. The van der Waals surface area contributed by atoms with Gasteiger partial charge in [0.15, 0.2) is 5.78 Å². The topological polar surface area (TPSA) is 78.1 Å². The number of aryl methyl sites for hydroxylation is 1. The highest BCUT2D eigenvalue weighted by Crippen LogP contribution is 2.35. The lowest BCUT2D eigenvalue weighted by Crippen LogP contribution is -2.10. The normalized spacial score (nSPS) is 13.3. The third kappa shape index (κ3) is 2.81. The quantitative estimate of drug-likeness (QED) is 0.778. The third-order valence-corrected chi connectivity index (χ3v) is 4.80. The second kappa shape index (κ2) is 6.59. The minimum Gasteiger partial charge on any atom is -0.496 e. The largest absolute Gasteiger partial charge is 0.496 e. The van der Waals surface area contributed by atoms with E-state index >= 15 is 0 Å². The number of methoxy groups -OCH3 is 1. The van der Waals surface area contributed by atoms with E-state index in [1.165, 1.54) is 0 Å². The number of nitrogens with two attached hydrogens (primary N) is 1. The average Bonchev–Trinajstić information content (AvgIpc) is 2.68. The van der Waals surface area contributed by atoms with Gasteiger partial charge >= 0.3 is 0 Å². The van der Waals surface area contributed by atoms with Gasteiger partial charge in [-0.25, -0.2) is 4.98 Å². The molecule has 0 atom stereocenters. The molecule has 1 aliphatic rings. The fraction of sp³-hybridized carbons (Fsp3) is 0.190. The summed E-state index contributed by atoms with van der Waals surface area (Å²) in [5, 5.41) is 0. The molecule has 0 radical (unpaired) electrons. The summed E-state index contributed by atoms with van der Waals surface area (Å²) in [5.74, 6) is 1.41. The van der Waals surface area contributed by atoms with Crippen molar-refractivity contribution in [3.63, 3.8) is 0 Å². The Balaban J connectivity index is 1.81. The highest BCUT2D eigenvalue weighted by molar-refractivity contribution is 5.99. The number of anilines is 1. The summed E-state index contributed by atoms with van der Waals surface area (Å²) in [4.78, 5) is 20.6. The first kappa shape index (κ1) is 16.3. The molecule has 2 heterocycles. The van der Waals surface area contributed by atoms with Crippen molar-refractivity contribution in [2.45, 2.75) is 19.3 Å². The molecule has 1 aliphatic carbocycles. The van der Waals surface area contributed by atoms with Crippen molar-refractivity contribution >= 4 is 11.6 Å². The number of aromatic nitrogens is 2. The van der Waals surface area contributed by atoms with E-state index in [9.17, 15) is 4.79 Å². The Labute approximate surface area is 151 Å². The number of rotatable bonds is 3. The number of fused-ring (bicyclic) bond motifs is 1. The van der Waals surface area contributed by atoms with Gasteiger partial charge in [0.05, 0.1) is 7.11 Å². The fourth-order valence-electron chi connectivity index (χ4n) is 3.44. The van der Waals surface area contributed by atoms with Crippen molar-refractivity contribution in [3.8, 4) is 28.0 Å². The second-order valence-electron chi connectivity index (χ2n) is 6.38. The molecule has 0 unspecified atom stereocenters. The molecular weight excluding hydrogens is 326 g/mol. The summed E-state index contributed by atoms with van der Waals surface area (Å²) in [5.41, 5.74) is 11.6. The van der Waals surface area contributed by atoms with E-state index in [1.807, 2.05) is 24.3 Å². The van der Waals surface area contributed by atoms with Crippen LogP contribution in [0.2, 0.25) is 0 Å². The Bertz CT molecular complexity index is 998. The summed E-state index contributed by atoms with van der Waals surface area (Å²) >= 11 is 0. The smallest absolute Gasteiger partial charge is 0.163 e. The van der Waals surface area contributed by atoms with E-state index in [2.05, 4.69) is 16.0 Å². The molecule has 0 saturated heterocycles. The lowest BCUT2D eigenvalue weighted by atomic mass is 9.88. The molecule has 0 aliphatic heterocycles. The van der Waals surface area contributed by atoms with Gasteiger partial charge in [0.2, 0.25) is 0 Å². The van der Waals surface area contributed by atoms with E-state index in [4.69, 9.17) is 10.5 Å². The van der Waals surface area contributed by atoms with Gasteiger partial charge in [-0.2, -0.15) is 0 Å². The van der Waals surface area contributed by atoms with Crippen LogP contribution in [0.1, 0.15) is 28.8 Å². The van der Waals surface area contributed by atoms with Crippen molar-refractivity contribution in [3.05, 3.63) is 60.0 Å². The number of pyridine rings is 2. The van der Waals surface area contributed by atoms with Crippen LogP contribution >= 0.6 is 0 Å². The molecule has 0 saturated carbocycles. The molecule has 4 rings (SSSR count). The number of hydrogen-bond donors (Lipinski definition) is 1. The van der Waals surface area contributed by atoms with Gasteiger partial charge in [0.1, 0.15) is 11.6 Å². The van der Waals surface area contributed by atoms with Gasteiger partial charge in [0.25, 0.3) is 0 Å². The molecule has 26 heavy (non-hydrogen) atoms. The Kier molecular flexibility index (Phi) is 4.13. The van der Waals surface area contributed by atoms with Crippen LogP contribution in [0.5, 0.6) is 5.75 Å². The number of nitrogen functional groups attached to an aromatic ring is 1. The highest BCUT2D eigenvalue weighted by atomic mass is 16.5. The van der Waals surface area contributed by atoms with Crippen LogP contribution in [0.25, 0.3) is 22.3 Å². The number of benzene rings is 1. The van der Waals surface area contributed by atoms with Crippen molar-refractivity contribution < 1.29 is 9.53 Å². The predicted molar refractivity (Wildman–Crippen MR) is 101 cm³/mol. The Morgan fingerprint density at radius 1 is 1.00 bits per heavy atom. The van der Waals surface area contributed by atoms with Gasteiger partial charge in [-0.1, -0.05) is 18.2 Å². The Morgan fingerprint density at radius 3 is 2.73 bits per heavy atom. The molecule has 5 nitrogen and oxygen atoms in total. The Morgan fingerprint density at radius 2 is 1.88 bits per heavy atom. The third-order valence-electron chi connectivity index (χ3n) is 4.80. The monoisotopic (exact) mass is 345 g/mol. The van der Waals surface area contributed by atoms with E-state index in [1.54, 1.807) is 25.7 Å². The van der Waals surface area contributed by atoms with Crippen LogP contribution in [0.15, 0.2) is 48.9 Å². The van der Waals surface area contributed by atoms with E-state index < -0.39 is 0 Å². The first-order chi connectivity index (χ1) is 12.7. The number of carbonyl (C=O) groups excluding carboxylic acids is 1. The number of ether oxygens (including phenoxy) is 1. The Hall–Kier alpha value is -3.21. The van der Waals surface area contributed by atoms with Crippen LogP contribution in [0, 0.1) is 0 Å². The number of carbonyl (C=O) groups is 1. The van der Waals surface area contributed by atoms with E-state index in [0.717, 1.165) is 52.0 Å². The van der Waals surface area contributed by atoms with Gasteiger partial charge < -0.3 is 10.5 Å². The molecule has 130 valence electrons. The van der Waals surface area contributed by atoms with E-state index in [0.29, 0.717) is 12.2 Å². The summed E-state index contributed by atoms with van der Waals surface area (Å²) < 4.78 is 5.43. The lowest BCUT2D eigenvalue weighted by molar-refractivity contribution is 0.0972. The second-order valence-corrected chi connectivity index (χ2v) is 6.38. The van der Waals surface area contributed by atoms with Gasteiger partial charge in [-0.15, -0.1) is 0 Å². The van der Waals surface area contributed by atoms with Crippen molar-refractivity contribution in [1.29, 1.82) is 0 Å². The predicted octanol–water partition coefficient (Wildman–Crippen LogP) is 3.92. The molecule has 2 aromatic heterocycles. The van der Waals surface area contributed by atoms with Crippen LogP contribution in [0.3, 0.4) is 0 Å². The first-order valence-electron chi connectivity index (χ1n) is 8.58. The fourth-order valence-corrected chi connectivity index (χ4v) is 3.44. The maximum Gasteiger partial charge on any atom is 0.163 e. The average molecular weight is 345 g/mol. The van der Waals surface area contributed by atoms with Gasteiger partial charge in [-0.3, -0.25) is 9.78 Å². The summed E-state index contributed by atoms with van der Waals surface area (Å²) in [6.45, 7) is 0. The molecule has 1 aromatic carbocycles. The minimum absolute atomic E-state index is 0.220. The van der Waals surface area contributed by atoms with Crippen LogP contribution in [0.4, 0.5) is 5.82 Å². The summed E-state index contributed by atoms with van der Waals surface area (Å²) in [6, 6.07) is 9.72. The summed E-state index contributed by atoms with van der Waals surface area (Å²) in [6.07, 6.45) is 7.61. The molecular formula is C21H19N3O2. The maximum atomic E-state index is 12.1. The van der Waals surface area contributed by atoms with Crippen LogP contribution in [-0.4, -0.2) is 22.9 Å². The molecule has 5 heteroatoms. The van der Waals surface area contributed by atoms with Gasteiger partial charge in [-0.05, 0) is 36.1 Å². The zero-order chi connectivity index (χ0) is 18.1. The molecule has 0 fully saturated rings. The van der Waals surface area contributed by atoms with Crippen molar-refractivity contribution in [2.75, 3.05) is 12.8 Å². The standard InChI is InChI=1S/C21H19N3O2/c1-26-20-7-8-23-12-18(20)15-10-17(21(22)24-11-15)14-5-6-16-13(9-14)3-2-4-19(16)25/h5-12H,2-4H2,1H3,(H2,22,24). The van der Waals surface area contributed by atoms with Crippen molar-refractivity contribution in [1.82, 2.24) is 9.97 Å². The molecule has 0 amide bonds.